The Morgan fingerprint density at radius 1 is 0.917 bits per heavy atom. The SMILES string of the molecule is ON=Cc1ccc(OCCOc2ccc3ccccc3c2)c(Br)c1. The predicted octanol–water partition coefficient (Wildman–Crippen LogP) is 4.87. The quantitative estimate of drug-likeness (QED) is 0.285. The molecule has 0 aliphatic carbocycles. The zero-order valence-electron chi connectivity index (χ0n) is 12.9. The van der Waals surface area contributed by atoms with Gasteiger partial charge in [-0.25, -0.2) is 0 Å². The molecule has 0 saturated carbocycles. The van der Waals surface area contributed by atoms with E-state index >= 15 is 0 Å². The second-order valence-corrected chi connectivity index (χ2v) is 5.99. The molecule has 0 heterocycles. The van der Waals surface area contributed by atoms with Crippen molar-refractivity contribution in [1.29, 1.82) is 0 Å². The Balaban J connectivity index is 1.54. The molecule has 0 atom stereocenters. The van der Waals surface area contributed by atoms with Gasteiger partial charge in [-0.15, -0.1) is 0 Å². The first kappa shape index (κ1) is 16.3. The third kappa shape index (κ3) is 4.06. The van der Waals surface area contributed by atoms with Crippen molar-refractivity contribution in [1.82, 2.24) is 0 Å². The van der Waals surface area contributed by atoms with Gasteiger partial charge in [0.2, 0.25) is 0 Å². The van der Waals surface area contributed by atoms with Crippen LogP contribution in [0.1, 0.15) is 5.56 Å². The highest BCUT2D eigenvalue weighted by molar-refractivity contribution is 9.10. The molecule has 0 aliphatic heterocycles. The van der Waals surface area contributed by atoms with Gasteiger partial charge >= 0.3 is 0 Å². The van der Waals surface area contributed by atoms with Gasteiger partial charge in [0.25, 0.3) is 0 Å². The van der Waals surface area contributed by atoms with Crippen molar-refractivity contribution in [3.05, 3.63) is 70.7 Å². The second kappa shape index (κ2) is 7.84. The van der Waals surface area contributed by atoms with Crippen LogP contribution in [0.15, 0.2) is 70.3 Å². The van der Waals surface area contributed by atoms with Gasteiger partial charge < -0.3 is 14.7 Å². The average molecular weight is 386 g/mol. The number of fused-ring (bicyclic) bond motifs is 1. The van der Waals surface area contributed by atoms with Crippen LogP contribution in [0.25, 0.3) is 10.8 Å². The zero-order valence-corrected chi connectivity index (χ0v) is 14.4. The molecule has 24 heavy (non-hydrogen) atoms. The molecule has 5 heteroatoms. The van der Waals surface area contributed by atoms with Crippen LogP contribution in [-0.2, 0) is 0 Å². The first-order valence-electron chi connectivity index (χ1n) is 7.47. The lowest BCUT2D eigenvalue weighted by atomic mass is 10.1. The number of hydrogen-bond acceptors (Lipinski definition) is 4. The molecule has 0 radical (unpaired) electrons. The fraction of sp³-hybridized carbons (Fsp3) is 0.105. The van der Waals surface area contributed by atoms with E-state index in [9.17, 15) is 0 Å². The van der Waals surface area contributed by atoms with Crippen molar-refractivity contribution < 1.29 is 14.7 Å². The molecule has 1 N–H and O–H groups in total. The Labute approximate surface area is 148 Å². The molecule has 3 rings (SSSR count). The van der Waals surface area contributed by atoms with Crippen molar-refractivity contribution in [2.45, 2.75) is 0 Å². The Bertz CT molecular complexity index is 864. The van der Waals surface area contributed by atoms with E-state index in [4.69, 9.17) is 14.7 Å². The largest absolute Gasteiger partial charge is 0.490 e. The minimum atomic E-state index is 0.429. The average Bonchev–Trinajstić information content (AvgIpc) is 2.60. The molecule has 0 bridgehead atoms. The molecule has 122 valence electrons. The summed E-state index contributed by atoms with van der Waals surface area (Å²) in [6, 6.07) is 19.6. The van der Waals surface area contributed by atoms with E-state index in [2.05, 4.69) is 33.2 Å². The van der Waals surface area contributed by atoms with Gasteiger partial charge in [0, 0.05) is 0 Å². The first-order valence-corrected chi connectivity index (χ1v) is 8.27. The third-order valence-corrected chi connectivity index (χ3v) is 4.11. The summed E-state index contributed by atoms with van der Waals surface area (Å²) in [5, 5.41) is 13.9. The van der Waals surface area contributed by atoms with Crippen LogP contribution in [0.2, 0.25) is 0 Å². The highest BCUT2D eigenvalue weighted by atomic mass is 79.9. The number of halogens is 1. The van der Waals surface area contributed by atoms with E-state index in [1.54, 1.807) is 0 Å². The van der Waals surface area contributed by atoms with Crippen LogP contribution in [0, 0.1) is 0 Å². The van der Waals surface area contributed by atoms with E-state index in [-0.39, 0.29) is 0 Å². The lowest BCUT2D eigenvalue weighted by molar-refractivity contribution is 0.216. The van der Waals surface area contributed by atoms with Crippen LogP contribution in [0.5, 0.6) is 11.5 Å². The molecule has 0 amide bonds. The van der Waals surface area contributed by atoms with Gasteiger partial charge in [0.15, 0.2) is 0 Å². The normalized spacial score (nSPS) is 11.0. The Morgan fingerprint density at radius 2 is 1.71 bits per heavy atom. The fourth-order valence-corrected chi connectivity index (χ4v) is 2.86. The van der Waals surface area contributed by atoms with Crippen LogP contribution >= 0.6 is 15.9 Å². The number of oxime groups is 1. The Morgan fingerprint density at radius 3 is 2.50 bits per heavy atom. The van der Waals surface area contributed by atoms with Crippen molar-refractivity contribution in [2.24, 2.45) is 5.16 Å². The molecule has 0 aliphatic rings. The van der Waals surface area contributed by atoms with Gasteiger partial charge in [-0.2, -0.15) is 0 Å². The summed E-state index contributed by atoms with van der Waals surface area (Å²) in [6.45, 7) is 0.878. The smallest absolute Gasteiger partial charge is 0.133 e. The van der Waals surface area contributed by atoms with Crippen molar-refractivity contribution in [2.75, 3.05) is 13.2 Å². The highest BCUT2D eigenvalue weighted by Gasteiger charge is 2.03. The first-order chi connectivity index (χ1) is 11.8. The maximum atomic E-state index is 8.53. The van der Waals surface area contributed by atoms with Gasteiger partial charge in [-0.3, -0.25) is 0 Å². The van der Waals surface area contributed by atoms with E-state index in [0.29, 0.717) is 19.0 Å². The molecule has 0 unspecified atom stereocenters. The molecule has 0 spiro atoms. The van der Waals surface area contributed by atoms with E-state index in [1.807, 2.05) is 48.5 Å². The van der Waals surface area contributed by atoms with Gasteiger partial charge in [-0.1, -0.05) is 35.5 Å². The lowest BCUT2D eigenvalue weighted by Crippen LogP contribution is -2.09. The minimum Gasteiger partial charge on any atom is -0.490 e. The molecule has 0 fully saturated rings. The summed E-state index contributed by atoms with van der Waals surface area (Å²) >= 11 is 3.43. The minimum absolute atomic E-state index is 0.429. The van der Waals surface area contributed by atoms with E-state index < -0.39 is 0 Å². The van der Waals surface area contributed by atoms with Gasteiger partial charge in [0.05, 0.1) is 10.7 Å². The van der Waals surface area contributed by atoms with Crippen molar-refractivity contribution >= 4 is 32.9 Å². The van der Waals surface area contributed by atoms with Crippen LogP contribution in [0.4, 0.5) is 0 Å². The number of hydrogen-bond donors (Lipinski definition) is 1. The number of nitrogens with zero attached hydrogens (tertiary/aromatic N) is 1. The molecular formula is C19H16BrNO3. The van der Waals surface area contributed by atoms with Crippen LogP contribution in [0.3, 0.4) is 0 Å². The fourth-order valence-electron chi connectivity index (χ4n) is 2.35. The molecule has 0 aromatic heterocycles. The molecule has 3 aromatic rings. The van der Waals surface area contributed by atoms with E-state index in [0.717, 1.165) is 21.2 Å². The highest BCUT2D eigenvalue weighted by Crippen LogP contribution is 2.25. The predicted molar refractivity (Wildman–Crippen MR) is 98.5 cm³/mol. The number of benzene rings is 3. The summed E-state index contributed by atoms with van der Waals surface area (Å²) in [6.07, 6.45) is 1.36. The van der Waals surface area contributed by atoms with Crippen LogP contribution in [-0.4, -0.2) is 24.6 Å². The maximum Gasteiger partial charge on any atom is 0.133 e. The van der Waals surface area contributed by atoms with Gasteiger partial charge in [-0.05, 0) is 62.6 Å². The summed E-state index contributed by atoms with van der Waals surface area (Å²) < 4.78 is 12.2. The lowest BCUT2D eigenvalue weighted by Gasteiger charge is -2.10. The summed E-state index contributed by atoms with van der Waals surface area (Å²) in [7, 11) is 0. The van der Waals surface area contributed by atoms with Crippen molar-refractivity contribution in [3.8, 4) is 11.5 Å². The third-order valence-electron chi connectivity index (χ3n) is 3.49. The number of ether oxygens (including phenoxy) is 2. The summed E-state index contributed by atoms with van der Waals surface area (Å²) in [5.74, 6) is 1.54. The van der Waals surface area contributed by atoms with Crippen LogP contribution < -0.4 is 9.47 Å². The monoisotopic (exact) mass is 385 g/mol. The molecule has 0 saturated heterocycles. The van der Waals surface area contributed by atoms with E-state index in [1.165, 1.54) is 11.6 Å². The summed E-state index contributed by atoms with van der Waals surface area (Å²) in [5.41, 5.74) is 0.782. The summed E-state index contributed by atoms with van der Waals surface area (Å²) in [4.78, 5) is 0. The molecular weight excluding hydrogens is 370 g/mol. The maximum absolute atomic E-state index is 8.53. The zero-order chi connectivity index (χ0) is 16.8. The molecule has 4 nitrogen and oxygen atoms in total. The second-order valence-electron chi connectivity index (χ2n) is 5.14. The van der Waals surface area contributed by atoms with Gasteiger partial charge in [0.1, 0.15) is 24.7 Å². The van der Waals surface area contributed by atoms with Crippen molar-refractivity contribution in [3.63, 3.8) is 0 Å². The molecule has 3 aromatic carbocycles. The standard InChI is InChI=1S/C19H16BrNO3/c20-18-11-14(13-21-22)5-8-19(18)24-10-9-23-17-7-6-15-3-1-2-4-16(15)12-17/h1-8,11-13,22H,9-10H2. The Kier molecular flexibility index (Phi) is 5.33. The topological polar surface area (TPSA) is 51.1 Å². The Hall–Kier alpha value is -2.53. The number of rotatable bonds is 6.